The van der Waals surface area contributed by atoms with E-state index in [0.717, 1.165) is 18.5 Å². The third kappa shape index (κ3) is 10.1. The van der Waals surface area contributed by atoms with Gasteiger partial charge in [0.2, 0.25) is 5.91 Å². The van der Waals surface area contributed by atoms with Crippen LogP contribution in [0.4, 0.5) is 0 Å². The van der Waals surface area contributed by atoms with Crippen LogP contribution < -0.4 is 10.6 Å². The summed E-state index contributed by atoms with van der Waals surface area (Å²) in [6.45, 7) is 11.8. The van der Waals surface area contributed by atoms with Gasteiger partial charge in [-0.3, -0.25) is 4.79 Å². The molecule has 0 saturated carbocycles. The van der Waals surface area contributed by atoms with Crippen LogP contribution in [-0.2, 0) is 4.79 Å². The molecule has 2 N–H and O–H groups in total. The molecule has 0 spiro atoms. The summed E-state index contributed by atoms with van der Waals surface area (Å²) in [5.74, 6) is 1.29. The van der Waals surface area contributed by atoms with Crippen LogP contribution in [0.15, 0.2) is 17.1 Å². The first-order chi connectivity index (χ1) is 8.82. The van der Waals surface area contributed by atoms with Crippen LogP contribution in [0.25, 0.3) is 0 Å². The number of likely N-dealkylation sites (N-methyl/N-ethyl adjacent to an activating group) is 1. The number of amides is 1. The molecule has 0 aromatic rings. The van der Waals surface area contributed by atoms with Gasteiger partial charge >= 0.3 is 0 Å². The Hall–Kier alpha value is -1.52. The van der Waals surface area contributed by atoms with E-state index in [1.165, 1.54) is 4.90 Å². The normalized spacial score (nSPS) is 11.4. The van der Waals surface area contributed by atoms with Crippen molar-refractivity contribution in [3.8, 4) is 0 Å². The highest BCUT2D eigenvalue weighted by atomic mass is 16.2. The van der Waals surface area contributed by atoms with Crippen LogP contribution in [-0.4, -0.2) is 50.5 Å². The van der Waals surface area contributed by atoms with E-state index < -0.39 is 0 Å². The highest BCUT2D eigenvalue weighted by Crippen LogP contribution is 1.96. The molecule has 0 aliphatic carbocycles. The van der Waals surface area contributed by atoms with Gasteiger partial charge in [-0.2, -0.15) is 0 Å². The first kappa shape index (κ1) is 17.5. The van der Waals surface area contributed by atoms with Crippen molar-refractivity contribution in [3.05, 3.63) is 12.2 Å². The van der Waals surface area contributed by atoms with Crippen molar-refractivity contribution < 1.29 is 4.79 Å². The van der Waals surface area contributed by atoms with Crippen molar-refractivity contribution >= 4 is 11.9 Å². The Bertz CT molecular complexity index is 321. The van der Waals surface area contributed by atoms with Gasteiger partial charge in [-0.1, -0.05) is 26.0 Å². The average molecular weight is 268 g/mol. The summed E-state index contributed by atoms with van der Waals surface area (Å²) in [5, 5.41) is 6.38. The topological polar surface area (TPSA) is 56.7 Å². The lowest BCUT2D eigenvalue weighted by molar-refractivity contribution is -0.127. The minimum atomic E-state index is -0.0136. The number of guanidine groups is 1. The molecule has 0 radical (unpaired) electrons. The summed E-state index contributed by atoms with van der Waals surface area (Å²) in [6.07, 6.45) is 1.06. The molecule has 0 atom stereocenters. The van der Waals surface area contributed by atoms with Gasteiger partial charge in [0.15, 0.2) is 5.96 Å². The third-order valence-corrected chi connectivity index (χ3v) is 2.44. The molecule has 0 aromatic carbocycles. The van der Waals surface area contributed by atoms with Gasteiger partial charge in [-0.05, 0) is 19.3 Å². The van der Waals surface area contributed by atoms with Crippen LogP contribution >= 0.6 is 0 Å². The van der Waals surface area contributed by atoms with Crippen molar-refractivity contribution in [2.24, 2.45) is 10.9 Å². The fourth-order valence-corrected chi connectivity index (χ4v) is 1.18. The molecule has 0 rings (SSSR count). The molecule has 0 aromatic heterocycles. The lowest BCUT2D eigenvalue weighted by Gasteiger charge is -2.14. The van der Waals surface area contributed by atoms with E-state index in [0.29, 0.717) is 18.4 Å². The molecule has 0 bridgehead atoms. The molecule has 0 aliphatic heterocycles. The van der Waals surface area contributed by atoms with Gasteiger partial charge in [0.1, 0.15) is 6.54 Å². The molecule has 110 valence electrons. The predicted molar refractivity (Wildman–Crippen MR) is 81.3 cm³/mol. The van der Waals surface area contributed by atoms with E-state index in [1.54, 1.807) is 14.1 Å². The lowest BCUT2D eigenvalue weighted by Crippen LogP contribution is -2.39. The van der Waals surface area contributed by atoms with Gasteiger partial charge in [-0.15, -0.1) is 0 Å². The minimum Gasteiger partial charge on any atom is -0.356 e. The van der Waals surface area contributed by atoms with E-state index >= 15 is 0 Å². The average Bonchev–Trinajstić information content (AvgIpc) is 2.30. The number of rotatable bonds is 7. The number of carbonyl (C=O) groups is 1. The number of carbonyl (C=O) groups excluding carboxylic acids is 1. The molecular weight excluding hydrogens is 240 g/mol. The Morgan fingerprint density at radius 3 is 2.42 bits per heavy atom. The quantitative estimate of drug-likeness (QED) is 0.415. The first-order valence-electron chi connectivity index (χ1n) is 6.69. The van der Waals surface area contributed by atoms with E-state index in [9.17, 15) is 4.79 Å². The van der Waals surface area contributed by atoms with Crippen LogP contribution in [0.1, 0.15) is 27.2 Å². The van der Waals surface area contributed by atoms with Crippen molar-refractivity contribution in [2.45, 2.75) is 27.2 Å². The van der Waals surface area contributed by atoms with Gasteiger partial charge in [0, 0.05) is 27.2 Å². The smallest absolute Gasteiger partial charge is 0.243 e. The first-order valence-corrected chi connectivity index (χ1v) is 6.69. The standard InChI is InChI=1S/C14H28N4O/c1-11(2)7-8-15-14(16-9-12(3)4)17-10-13(19)18(5)6/h11H,3,7-10H2,1-2,4-6H3,(H2,15,16,17). The number of aliphatic imine (C=N–C) groups is 1. The van der Waals surface area contributed by atoms with Crippen LogP contribution in [0, 0.1) is 5.92 Å². The summed E-state index contributed by atoms with van der Waals surface area (Å²) in [4.78, 5) is 17.3. The second-order valence-corrected chi connectivity index (χ2v) is 5.37. The lowest BCUT2D eigenvalue weighted by atomic mass is 10.1. The summed E-state index contributed by atoms with van der Waals surface area (Å²) in [5.41, 5.74) is 1.03. The van der Waals surface area contributed by atoms with Crippen LogP contribution in [0.2, 0.25) is 0 Å². The van der Waals surface area contributed by atoms with E-state index in [4.69, 9.17) is 0 Å². The molecule has 5 heteroatoms. The molecule has 19 heavy (non-hydrogen) atoms. The maximum absolute atomic E-state index is 11.5. The number of hydrogen-bond donors (Lipinski definition) is 2. The maximum Gasteiger partial charge on any atom is 0.243 e. The fraction of sp³-hybridized carbons (Fsp3) is 0.714. The molecule has 1 amide bonds. The third-order valence-electron chi connectivity index (χ3n) is 2.44. The van der Waals surface area contributed by atoms with Crippen molar-refractivity contribution in [1.82, 2.24) is 15.5 Å². The second kappa shape index (κ2) is 9.42. The molecule has 0 saturated heterocycles. The molecular formula is C14H28N4O. The number of nitrogens with one attached hydrogen (secondary N) is 2. The molecule has 0 aliphatic rings. The second-order valence-electron chi connectivity index (χ2n) is 5.37. The molecule has 5 nitrogen and oxygen atoms in total. The van der Waals surface area contributed by atoms with E-state index in [2.05, 4.69) is 36.1 Å². The number of hydrogen-bond acceptors (Lipinski definition) is 2. The molecule has 0 heterocycles. The Kier molecular flexibility index (Phi) is 8.66. The number of nitrogens with zero attached hydrogens (tertiary/aromatic N) is 2. The predicted octanol–water partition coefficient (Wildman–Crippen LogP) is 1.23. The van der Waals surface area contributed by atoms with Gasteiger partial charge in [0.25, 0.3) is 0 Å². The maximum atomic E-state index is 11.5. The zero-order valence-electron chi connectivity index (χ0n) is 12.9. The van der Waals surface area contributed by atoms with Gasteiger partial charge in [-0.25, -0.2) is 4.99 Å². The summed E-state index contributed by atoms with van der Waals surface area (Å²) in [6, 6.07) is 0. The molecule has 0 unspecified atom stereocenters. The minimum absolute atomic E-state index is 0.0136. The fourth-order valence-electron chi connectivity index (χ4n) is 1.18. The monoisotopic (exact) mass is 268 g/mol. The highest BCUT2D eigenvalue weighted by Gasteiger charge is 2.04. The van der Waals surface area contributed by atoms with Crippen LogP contribution in [0.5, 0.6) is 0 Å². The zero-order valence-corrected chi connectivity index (χ0v) is 12.9. The van der Waals surface area contributed by atoms with E-state index in [1.807, 2.05) is 6.92 Å². The summed E-state index contributed by atoms with van der Waals surface area (Å²) >= 11 is 0. The SMILES string of the molecule is C=C(C)CNC(=NCC(=O)N(C)C)NCCC(C)C. The Morgan fingerprint density at radius 1 is 1.32 bits per heavy atom. The zero-order chi connectivity index (χ0) is 14.8. The van der Waals surface area contributed by atoms with Crippen molar-refractivity contribution in [1.29, 1.82) is 0 Å². The Labute approximate surface area is 117 Å². The molecule has 0 fully saturated rings. The van der Waals surface area contributed by atoms with Crippen LogP contribution in [0.3, 0.4) is 0 Å². The summed E-state index contributed by atoms with van der Waals surface area (Å²) < 4.78 is 0. The Balaban J connectivity index is 4.34. The Morgan fingerprint density at radius 2 is 1.95 bits per heavy atom. The summed E-state index contributed by atoms with van der Waals surface area (Å²) in [7, 11) is 3.45. The van der Waals surface area contributed by atoms with Crippen molar-refractivity contribution in [2.75, 3.05) is 33.7 Å². The van der Waals surface area contributed by atoms with E-state index in [-0.39, 0.29) is 12.5 Å². The van der Waals surface area contributed by atoms with Gasteiger partial charge < -0.3 is 15.5 Å². The largest absolute Gasteiger partial charge is 0.356 e. The van der Waals surface area contributed by atoms with Crippen molar-refractivity contribution in [3.63, 3.8) is 0 Å². The highest BCUT2D eigenvalue weighted by molar-refractivity contribution is 5.84. The van der Waals surface area contributed by atoms with Gasteiger partial charge in [0.05, 0.1) is 0 Å².